The van der Waals surface area contributed by atoms with E-state index >= 15 is 0 Å². The van der Waals surface area contributed by atoms with Crippen LogP contribution in [0.25, 0.3) is 0 Å². The van der Waals surface area contributed by atoms with Gasteiger partial charge in [-0.1, -0.05) is 0 Å². The Morgan fingerprint density at radius 1 is 0.767 bits per heavy atom. The third-order valence-electron chi connectivity index (χ3n) is 6.13. The fourth-order valence-electron chi connectivity index (χ4n) is 5.77. The molecule has 2 heterocycles. The van der Waals surface area contributed by atoms with E-state index in [-0.39, 0.29) is 58.6 Å². The van der Waals surface area contributed by atoms with Crippen LogP contribution in [-0.4, -0.2) is 46.8 Å². The lowest BCUT2D eigenvalue weighted by Crippen LogP contribution is -2.59. The van der Waals surface area contributed by atoms with Crippen molar-refractivity contribution in [2.75, 3.05) is 6.61 Å². The molecular weight excluding hydrogens is 380 g/mol. The molecule has 174 valence electrons. The Morgan fingerprint density at radius 2 is 1.13 bits per heavy atom. The second-order valence-electron chi connectivity index (χ2n) is 12.2. The molecular formula is C24H44N2O4. The Balaban J connectivity index is 1.78. The normalized spacial score (nSPS) is 26.6. The van der Waals surface area contributed by atoms with Crippen LogP contribution in [-0.2, 0) is 19.1 Å². The van der Waals surface area contributed by atoms with Crippen molar-refractivity contribution in [2.45, 2.75) is 123 Å². The summed E-state index contributed by atoms with van der Waals surface area (Å²) in [6.07, 6.45) is 3.30. The third-order valence-corrected chi connectivity index (χ3v) is 6.13. The second-order valence-corrected chi connectivity index (χ2v) is 12.2. The highest BCUT2D eigenvalue weighted by atomic mass is 16.6. The van der Waals surface area contributed by atoms with Gasteiger partial charge in [0.1, 0.15) is 6.10 Å². The first-order chi connectivity index (χ1) is 13.5. The number of hydrogen-bond donors (Lipinski definition) is 2. The van der Waals surface area contributed by atoms with Gasteiger partial charge in [-0.2, -0.15) is 0 Å². The highest BCUT2D eigenvalue weighted by Gasteiger charge is 2.42. The molecule has 6 nitrogen and oxygen atoms in total. The number of esters is 2. The molecule has 0 radical (unpaired) electrons. The van der Waals surface area contributed by atoms with Gasteiger partial charge in [-0.25, -0.2) is 0 Å². The van der Waals surface area contributed by atoms with Gasteiger partial charge in [0, 0.05) is 28.6 Å². The Kier molecular flexibility index (Phi) is 7.35. The predicted molar refractivity (Wildman–Crippen MR) is 119 cm³/mol. The molecule has 0 amide bonds. The number of piperidine rings is 2. The molecule has 1 unspecified atom stereocenters. The predicted octanol–water partition coefficient (Wildman–Crippen LogP) is 3.97. The van der Waals surface area contributed by atoms with Crippen molar-refractivity contribution in [3.8, 4) is 0 Å². The minimum absolute atomic E-state index is 0.0926. The monoisotopic (exact) mass is 424 g/mol. The second kappa shape index (κ2) is 8.78. The molecule has 0 aromatic rings. The number of ether oxygens (including phenoxy) is 2. The van der Waals surface area contributed by atoms with Crippen molar-refractivity contribution in [1.29, 1.82) is 0 Å². The quantitative estimate of drug-likeness (QED) is 0.629. The van der Waals surface area contributed by atoms with E-state index in [1.54, 1.807) is 0 Å². The molecule has 2 rings (SSSR count). The van der Waals surface area contributed by atoms with E-state index in [9.17, 15) is 9.59 Å². The van der Waals surface area contributed by atoms with Crippen molar-refractivity contribution in [2.24, 2.45) is 11.8 Å². The van der Waals surface area contributed by atoms with E-state index in [0.29, 0.717) is 6.42 Å². The molecule has 0 aliphatic carbocycles. The number of hydrogen-bond acceptors (Lipinski definition) is 6. The summed E-state index contributed by atoms with van der Waals surface area (Å²) in [5.41, 5.74) is -0.378. The number of nitrogens with one attached hydrogen (secondary N) is 2. The highest BCUT2D eigenvalue weighted by molar-refractivity contribution is 5.73. The fraction of sp³-hybridized carbons (Fsp3) is 0.917. The van der Waals surface area contributed by atoms with E-state index in [0.717, 1.165) is 25.7 Å². The standard InChI is InChI=1S/C24H44N2O4/c1-16(30-20(28)18-14-23(6,7)26-24(8,9)15-18)10-11-29-19(27)17-12-21(2,3)25-22(4,5)13-17/h16-18,25-26H,10-15H2,1-9H3. The van der Waals surface area contributed by atoms with Crippen LogP contribution in [0.15, 0.2) is 0 Å². The lowest BCUT2D eigenvalue weighted by Gasteiger charge is -2.45. The van der Waals surface area contributed by atoms with Crippen molar-refractivity contribution in [3.63, 3.8) is 0 Å². The molecule has 2 saturated heterocycles. The topological polar surface area (TPSA) is 76.7 Å². The molecule has 0 aromatic heterocycles. The molecule has 0 aromatic carbocycles. The molecule has 1 atom stereocenters. The fourth-order valence-corrected chi connectivity index (χ4v) is 5.77. The van der Waals surface area contributed by atoms with Gasteiger partial charge in [0.05, 0.1) is 18.4 Å². The Morgan fingerprint density at radius 3 is 1.53 bits per heavy atom. The zero-order chi connectivity index (χ0) is 23.0. The number of rotatable bonds is 6. The summed E-state index contributed by atoms with van der Waals surface area (Å²) in [5, 5.41) is 7.18. The average Bonchev–Trinajstić information content (AvgIpc) is 2.48. The molecule has 2 fully saturated rings. The maximum Gasteiger partial charge on any atom is 0.309 e. The van der Waals surface area contributed by atoms with Crippen LogP contribution in [0.1, 0.15) is 94.4 Å². The maximum absolute atomic E-state index is 12.7. The van der Waals surface area contributed by atoms with Crippen LogP contribution in [0, 0.1) is 11.8 Å². The van der Waals surface area contributed by atoms with Crippen LogP contribution in [0.2, 0.25) is 0 Å². The summed E-state index contributed by atoms with van der Waals surface area (Å²) in [7, 11) is 0. The summed E-state index contributed by atoms with van der Waals surface area (Å²) in [4.78, 5) is 25.3. The van der Waals surface area contributed by atoms with Gasteiger partial charge in [-0.3, -0.25) is 9.59 Å². The lowest BCUT2D eigenvalue weighted by molar-refractivity contribution is -0.159. The first kappa shape index (κ1) is 25.1. The Labute approximate surface area is 183 Å². The minimum atomic E-state index is -0.271. The van der Waals surface area contributed by atoms with Crippen LogP contribution in [0.5, 0.6) is 0 Å². The van der Waals surface area contributed by atoms with Gasteiger partial charge in [0.15, 0.2) is 0 Å². The molecule has 2 N–H and O–H groups in total. The Bertz CT molecular complexity index is 607. The zero-order valence-corrected chi connectivity index (χ0v) is 20.6. The van der Waals surface area contributed by atoms with Crippen LogP contribution in [0.3, 0.4) is 0 Å². The first-order valence-electron chi connectivity index (χ1n) is 11.5. The average molecular weight is 425 g/mol. The van der Waals surface area contributed by atoms with Crippen molar-refractivity contribution in [1.82, 2.24) is 10.6 Å². The van der Waals surface area contributed by atoms with Crippen molar-refractivity contribution >= 4 is 11.9 Å². The van der Waals surface area contributed by atoms with Gasteiger partial charge < -0.3 is 20.1 Å². The first-order valence-corrected chi connectivity index (χ1v) is 11.5. The van der Waals surface area contributed by atoms with E-state index < -0.39 is 0 Å². The van der Waals surface area contributed by atoms with E-state index in [1.807, 2.05) is 6.92 Å². The van der Waals surface area contributed by atoms with E-state index in [1.165, 1.54) is 0 Å². The SMILES string of the molecule is CC(CCOC(=O)C1CC(C)(C)NC(C)(C)C1)OC(=O)C1CC(C)(C)NC(C)(C)C1. The van der Waals surface area contributed by atoms with Gasteiger partial charge in [0.25, 0.3) is 0 Å². The highest BCUT2D eigenvalue weighted by Crippen LogP contribution is 2.35. The summed E-state index contributed by atoms with van der Waals surface area (Å²) < 4.78 is 11.3. The van der Waals surface area contributed by atoms with Crippen LogP contribution < -0.4 is 10.6 Å². The number of carbonyl (C=O) groups excluding carboxylic acids is 2. The molecule has 6 heteroatoms. The van der Waals surface area contributed by atoms with Crippen molar-refractivity contribution in [3.05, 3.63) is 0 Å². The number of carbonyl (C=O) groups is 2. The summed E-state index contributed by atoms with van der Waals surface area (Å²) in [6.45, 7) is 19.2. The maximum atomic E-state index is 12.7. The van der Waals surface area contributed by atoms with Crippen molar-refractivity contribution < 1.29 is 19.1 Å². The molecule has 2 aliphatic rings. The minimum Gasteiger partial charge on any atom is -0.465 e. The molecule has 2 aliphatic heterocycles. The van der Waals surface area contributed by atoms with Gasteiger partial charge >= 0.3 is 11.9 Å². The van der Waals surface area contributed by atoms with Gasteiger partial charge in [-0.05, 0) is 88.0 Å². The van der Waals surface area contributed by atoms with Crippen LogP contribution >= 0.6 is 0 Å². The molecule has 0 bridgehead atoms. The molecule has 0 spiro atoms. The summed E-state index contributed by atoms with van der Waals surface area (Å²) in [6, 6.07) is 0. The van der Waals surface area contributed by atoms with Gasteiger partial charge in [-0.15, -0.1) is 0 Å². The largest absolute Gasteiger partial charge is 0.465 e. The summed E-state index contributed by atoms with van der Waals surface area (Å²) in [5.74, 6) is -0.495. The molecule has 0 saturated carbocycles. The lowest BCUT2D eigenvalue weighted by atomic mass is 9.76. The van der Waals surface area contributed by atoms with E-state index in [4.69, 9.17) is 9.47 Å². The third kappa shape index (κ3) is 7.52. The van der Waals surface area contributed by atoms with E-state index in [2.05, 4.69) is 66.0 Å². The van der Waals surface area contributed by atoms with Gasteiger partial charge in [0.2, 0.25) is 0 Å². The molecule has 30 heavy (non-hydrogen) atoms. The summed E-state index contributed by atoms with van der Waals surface area (Å²) >= 11 is 0. The zero-order valence-electron chi connectivity index (χ0n) is 20.6. The smallest absolute Gasteiger partial charge is 0.309 e. The van der Waals surface area contributed by atoms with Crippen LogP contribution in [0.4, 0.5) is 0 Å². The Hall–Kier alpha value is -1.14.